The summed E-state index contributed by atoms with van der Waals surface area (Å²) in [6.45, 7) is 2.82. The average molecular weight is 670 g/mol. The molecular weight excluding hydrogens is 631 g/mol. The van der Waals surface area contributed by atoms with Crippen LogP contribution in [-0.4, -0.2) is 4.57 Å². The first kappa shape index (κ1) is 31.6. The van der Waals surface area contributed by atoms with Crippen LogP contribution in [0.5, 0.6) is 0 Å². The van der Waals surface area contributed by atoms with Gasteiger partial charge < -0.3 is 8.98 Å². The zero-order valence-electron chi connectivity index (χ0n) is 29.3. The lowest BCUT2D eigenvalue weighted by Gasteiger charge is -2.12. The summed E-state index contributed by atoms with van der Waals surface area (Å²) in [7, 11) is 0. The van der Waals surface area contributed by atoms with Crippen LogP contribution in [0.1, 0.15) is 41.5 Å². The summed E-state index contributed by atoms with van der Waals surface area (Å²) in [4.78, 5) is 0. The maximum Gasteiger partial charge on any atom is 0.142 e. The monoisotopic (exact) mass is 669 g/mol. The molecule has 52 heavy (non-hydrogen) atoms. The van der Waals surface area contributed by atoms with Crippen molar-refractivity contribution in [3.05, 3.63) is 198 Å². The highest BCUT2D eigenvalue weighted by molar-refractivity contribution is 6.03. The molecule has 6 aromatic carbocycles. The van der Waals surface area contributed by atoms with Crippen LogP contribution in [0.2, 0.25) is 0 Å². The third-order valence-electron chi connectivity index (χ3n) is 10.3. The van der Waals surface area contributed by atoms with E-state index in [1.54, 1.807) is 0 Å². The van der Waals surface area contributed by atoms with Crippen LogP contribution >= 0.6 is 0 Å². The van der Waals surface area contributed by atoms with Gasteiger partial charge in [0.05, 0.1) is 5.52 Å². The molecule has 0 bridgehead atoms. The van der Waals surface area contributed by atoms with Crippen LogP contribution in [0.4, 0.5) is 0 Å². The van der Waals surface area contributed by atoms with Crippen LogP contribution in [0.15, 0.2) is 174 Å². The van der Waals surface area contributed by atoms with Gasteiger partial charge in [-0.3, -0.25) is 0 Å². The van der Waals surface area contributed by atoms with Gasteiger partial charge in [-0.2, -0.15) is 0 Å². The quantitative estimate of drug-likeness (QED) is 0.157. The van der Waals surface area contributed by atoms with E-state index in [-0.39, 0.29) is 0 Å². The standard InChI is InChI=1S/C50H39NO/c1-2-16-46-49(37-21-10-5-11-22-37)45-30-29-39(34-47(45)51(46)32-31-41(35-17-6-3-7-18-35)36-19-8-4-9-20-36)38-23-14-24-40(33-38)42-26-15-27-44-43-25-12-13-28-48(43)52-50(42)44/h2-11,13-24,26-31,33-34H,12,25,32H2,1H3/b16-2-. The Morgan fingerprint density at radius 1 is 0.654 bits per heavy atom. The fourth-order valence-electron chi connectivity index (χ4n) is 7.90. The molecule has 2 heterocycles. The zero-order valence-corrected chi connectivity index (χ0v) is 29.3. The number of aryl methyl sites for hydroxylation is 1. The normalized spacial score (nSPS) is 12.5. The van der Waals surface area contributed by atoms with E-state index in [1.165, 1.54) is 66.5 Å². The molecule has 9 rings (SSSR count). The maximum atomic E-state index is 6.48. The van der Waals surface area contributed by atoms with Crippen molar-refractivity contribution in [2.75, 3.05) is 0 Å². The van der Waals surface area contributed by atoms with E-state index in [2.05, 4.69) is 194 Å². The van der Waals surface area contributed by atoms with E-state index in [9.17, 15) is 0 Å². The second kappa shape index (κ2) is 13.7. The van der Waals surface area contributed by atoms with Crippen molar-refractivity contribution in [2.24, 2.45) is 0 Å². The summed E-state index contributed by atoms with van der Waals surface area (Å²) in [5.41, 5.74) is 15.5. The number of benzene rings is 6. The van der Waals surface area contributed by atoms with Crippen molar-refractivity contribution in [1.29, 1.82) is 0 Å². The summed E-state index contributed by atoms with van der Waals surface area (Å²) in [5.74, 6) is 0.999. The molecule has 250 valence electrons. The molecule has 2 heteroatoms. The molecule has 0 fully saturated rings. The fraction of sp³-hybridized carbons (Fsp3) is 0.0800. The number of allylic oxidation sites excluding steroid dienone is 3. The van der Waals surface area contributed by atoms with E-state index < -0.39 is 0 Å². The number of rotatable bonds is 8. The lowest BCUT2D eigenvalue weighted by Crippen LogP contribution is -2.00. The topological polar surface area (TPSA) is 18.1 Å². The molecule has 0 spiro atoms. The lowest BCUT2D eigenvalue weighted by molar-refractivity contribution is 0.596. The van der Waals surface area contributed by atoms with E-state index >= 15 is 0 Å². The van der Waals surface area contributed by atoms with Gasteiger partial charge in [-0.25, -0.2) is 0 Å². The molecule has 0 radical (unpaired) electrons. The number of para-hydroxylation sites is 1. The smallest absolute Gasteiger partial charge is 0.142 e. The van der Waals surface area contributed by atoms with Gasteiger partial charge >= 0.3 is 0 Å². The second-order valence-corrected chi connectivity index (χ2v) is 13.5. The van der Waals surface area contributed by atoms with Gasteiger partial charge in [0.25, 0.3) is 0 Å². The minimum atomic E-state index is 0.714. The number of hydrogen-bond acceptors (Lipinski definition) is 1. The Bertz CT molecular complexity index is 2590. The Morgan fingerprint density at radius 2 is 1.33 bits per heavy atom. The van der Waals surface area contributed by atoms with Crippen molar-refractivity contribution in [1.82, 2.24) is 4.57 Å². The Hall–Kier alpha value is -6.38. The third kappa shape index (κ3) is 5.73. The Kier molecular flexibility index (Phi) is 8.34. The molecule has 2 nitrogen and oxygen atoms in total. The molecule has 8 aromatic rings. The SMILES string of the molecule is C/C=C\c1c(-c2ccccc2)c2ccc(-c3cccc(-c4cccc5c6c(oc45)C=CCC6)c3)cc2n1CC=C(c1ccccc1)c1ccccc1. The molecule has 0 amide bonds. The predicted molar refractivity (Wildman–Crippen MR) is 220 cm³/mol. The number of fused-ring (bicyclic) bond motifs is 4. The van der Waals surface area contributed by atoms with E-state index in [4.69, 9.17) is 4.42 Å². The van der Waals surface area contributed by atoms with Gasteiger partial charge in [0.15, 0.2) is 0 Å². The molecule has 0 saturated heterocycles. The molecule has 0 saturated carbocycles. The summed E-state index contributed by atoms with van der Waals surface area (Å²) in [6.07, 6.45) is 13.2. The zero-order chi connectivity index (χ0) is 34.9. The van der Waals surface area contributed by atoms with Gasteiger partial charge in [-0.1, -0.05) is 158 Å². The van der Waals surface area contributed by atoms with Gasteiger partial charge in [-0.15, -0.1) is 0 Å². The van der Waals surface area contributed by atoms with Gasteiger partial charge in [0.2, 0.25) is 0 Å². The van der Waals surface area contributed by atoms with E-state index in [0.717, 1.165) is 35.3 Å². The second-order valence-electron chi connectivity index (χ2n) is 13.5. The molecule has 0 aliphatic heterocycles. The fourth-order valence-corrected chi connectivity index (χ4v) is 7.90. The summed E-state index contributed by atoms with van der Waals surface area (Å²) in [6, 6.07) is 54.7. The summed E-state index contributed by atoms with van der Waals surface area (Å²) >= 11 is 0. The number of hydrogen-bond donors (Lipinski definition) is 0. The Morgan fingerprint density at radius 3 is 2.08 bits per heavy atom. The number of aromatic nitrogens is 1. The van der Waals surface area contributed by atoms with E-state index in [1.807, 2.05) is 0 Å². The highest BCUT2D eigenvalue weighted by Gasteiger charge is 2.20. The minimum absolute atomic E-state index is 0.714. The minimum Gasteiger partial charge on any atom is -0.456 e. The van der Waals surface area contributed by atoms with Crippen molar-refractivity contribution in [2.45, 2.75) is 26.3 Å². The summed E-state index contributed by atoms with van der Waals surface area (Å²) in [5, 5.41) is 2.47. The maximum absolute atomic E-state index is 6.48. The van der Waals surface area contributed by atoms with Crippen molar-refractivity contribution >= 4 is 39.6 Å². The number of furan rings is 1. The molecule has 1 aliphatic carbocycles. The molecule has 0 unspecified atom stereocenters. The molecule has 2 aromatic heterocycles. The molecular formula is C50H39NO. The van der Waals surface area contributed by atoms with Gasteiger partial charge in [0.1, 0.15) is 11.3 Å². The largest absolute Gasteiger partial charge is 0.456 e. The van der Waals surface area contributed by atoms with Crippen LogP contribution in [0, 0.1) is 0 Å². The van der Waals surface area contributed by atoms with Gasteiger partial charge in [0, 0.05) is 39.7 Å². The molecule has 1 aliphatic rings. The van der Waals surface area contributed by atoms with Crippen molar-refractivity contribution in [3.63, 3.8) is 0 Å². The van der Waals surface area contributed by atoms with Crippen molar-refractivity contribution in [3.8, 4) is 33.4 Å². The lowest BCUT2D eigenvalue weighted by atomic mass is 9.95. The summed E-state index contributed by atoms with van der Waals surface area (Å²) < 4.78 is 8.97. The van der Waals surface area contributed by atoms with Gasteiger partial charge in [-0.05, 0) is 83.0 Å². The average Bonchev–Trinajstić information content (AvgIpc) is 3.74. The number of nitrogens with zero attached hydrogens (tertiary/aromatic N) is 1. The van der Waals surface area contributed by atoms with Crippen LogP contribution in [-0.2, 0) is 13.0 Å². The highest BCUT2D eigenvalue weighted by atomic mass is 16.3. The Labute approximate surface area is 305 Å². The first-order valence-electron chi connectivity index (χ1n) is 18.2. The van der Waals surface area contributed by atoms with Crippen molar-refractivity contribution < 1.29 is 4.42 Å². The first-order valence-corrected chi connectivity index (χ1v) is 18.2. The van der Waals surface area contributed by atoms with E-state index in [0.29, 0.717) is 6.54 Å². The third-order valence-corrected chi connectivity index (χ3v) is 10.3. The van der Waals surface area contributed by atoms with Crippen LogP contribution < -0.4 is 0 Å². The molecule has 0 N–H and O–H groups in total. The Balaban J connectivity index is 1.21. The molecule has 0 atom stereocenters. The highest BCUT2D eigenvalue weighted by Crippen LogP contribution is 2.41. The van der Waals surface area contributed by atoms with Crippen LogP contribution in [0.3, 0.4) is 0 Å². The van der Waals surface area contributed by atoms with Crippen LogP contribution in [0.25, 0.3) is 73.0 Å². The predicted octanol–water partition coefficient (Wildman–Crippen LogP) is 13.5. The first-order chi connectivity index (χ1) is 25.8.